The fourth-order valence-corrected chi connectivity index (χ4v) is 1.36. The van der Waals surface area contributed by atoms with Gasteiger partial charge in [-0.15, -0.1) is 0 Å². The lowest BCUT2D eigenvalue weighted by Crippen LogP contribution is -2.33. The number of aromatic amines is 1. The van der Waals surface area contributed by atoms with Gasteiger partial charge in [-0.1, -0.05) is 26.2 Å². The van der Waals surface area contributed by atoms with Gasteiger partial charge in [0.1, 0.15) is 0 Å². The Labute approximate surface area is 82.6 Å². The summed E-state index contributed by atoms with van der Waals surface area (Å²) in [6.45, 7) is 2.65. The highest BCUT2D eigenvalue weighted by Crippen LogP contribution is 1.98. The van der Waals surface area contributed by atoms with E-state index >= 15 is 0 Å². The smallest absolute Gasteiger partial charge is 0.314 e. The van der Waals surface area contributed by atoms with E-state index in [2.05, 4.69) is 11.9 Å². The summed E-state index contributed by atoms with van der Waals surface area (Å²) < 4.78 is 1.25. The van der Waals surface area contributed by atoms with E-state index in [0.717, 1.165) is 25.7 Å². The molecule has 4 heteroatoms. The number of rotatable bonds is 5. The molecule has 0 aliphatic rings. The molecule has 0 radical (unpaired) electrons. The number of unbranched alkanes of at least 4 members (excludes halogenated alkanes) is 3. The Bertz CT molecular complexity index is 350. The van der Waals surface area contributed by atoms with Crippen LogP contribution in [0.2, 0.25) is 0 Å². The zero-order valence-electron chi connectivity index (χ0n) is 8.45. The summed E-state index contributed by atoms with van der Waals surface area (Å²) in [5.74, 6) is 0. The Morgan fingerprint density at radius 1 is 1.29 bits per heavy atom. The van der Waals surface area contributed by atoms with Crippen LogP contribution in [0.4, 0.5) is 0 Å². The molecule has 78 valence electrons. The molecule has 0 saturated heterocycles. The number of nitrogens with zero attached hydrogens (tertiary/aromatic N) is 1. The van der Waals surface area contributed by atoms with Crippen LogP contribution in [0.15, 0.2) is 21.9 Å². The quantitative estimate of drug-likeness (QED) is 0.717. The van der Waals surface area contributed by atoms with Crippen molar-refractivity contribution in [3.05, 3.63) is 33.1 Å². The van der Waals surface area contributed by atoms with E-state index < -0.39 is 0 Å². The first kappa shape index (κ1) is 10.8. The summed E-state index contributed by atoms with van der Waals surface area (Å²) in [5.41, 5.74) is -0.528. The third-order valence-corrected chi connectivity index (χ3v) is 2.18. The van der Waals surface area contributed by atoms with Crippen molar-refractivity contribution in [2.24, 2.45) is 0 Å². The molecular formula is C10H16N2O2. The Morgan fingerprint density at radius 2 is 2.07 bits per heavy atom. The number of hydrogen-bond acceptors (Lipinski definition) is 2. The first-order chi connectivity index (χ1) is 6.75. The van der Waals surface area contributed by atoms with Crippen molar-refractivity contribution in [1.29, 1.82) is 0 Å². The van der Waals surface area contributed by atoms with Gasteiger partial charge in [0.05, 0.1) is 0 Å². The van der Waals surface area contributed by atoms with Crippen molar-refractivity contribution in [2.45, 2.75) is 39.2 Å². The average molecular weight is 196 g/mol. The molecule has 14 heavy (non-hydrogen) atoms. The van der Waals surface area contributed by atoms with Crippen LogP contribution in [0, 0.1) is 0 Å². The Hall–Kier alpha value is -1.32. The summed E-state index contributed by atoms with van der Waals surface area (Å²) in [7, 11) is 0. The molecule has 0 aromatic carbocycles. The second kappa shape index (κ2) is 5.42. The van der Waals surface area contributed by atoms with Crippen LogP contribution >= 0.6 is 0 Å². The Balaban J connectivity index is 2.59. The largest absolute Gasteiger partial charge is 0.328 e. The highest BCUT2D eigenvalue weighted by Gasteiger charge is 1.98. The van der Waals surface area contributed by atoms with Gasteiger partial charge in [-0.3, -0.25) is 9.36 Å². The number of nitrogens with one attached hydrogen (secondary N) is 1. The lowest BCUT2D eigenvalue weighted by molar-refractivity contribution is 0.550. The molecule has 0 amide bonds. The van der Waals surface area contributed by atoms with E-state index in [1.54, 1.807) is 0 Å². The molecule has 0 atom stereocenters. The van der Waals surface area contributed by atoms with Crippen LogP contribution in [0.5, 0.6) is 0 Å². The molecule has 1 N–H and O–H groups in total. The van der Waals surface area contributed by atoms with Crippen molar-refractivity contribution in [3.63, 3.8) is 0 Å². The first-order valence-electron chi connectivity index (χ1n) is 5.04. The van der Waals surface area contributed by atoms with Crippen molar-refractivity contribution in [3.8, 4) is 0 Å². The molecule has 1 aromatic heterocycles. The van der Waals surface area contributed by atoms with Crippen molar-refractivity contribution >= 4 is 0 Å². The van der Waals surface area contributed by atoms with Gasteiger partial charge in [0, 0.05) is 18.8 Å². The minimum atomic E-state index is -0.311. The normalized spacial score (nSPS) is 10.4. The maximum absolute atomic E-state index is 11.2. The molecule has 0 saturated carbocycles. The minimum Gasteiger partial charge on any atom is -0.314 e. The van der Waals surface area contributed by atoms with E-state index in [1.165, 1.54) is 16.8 Å². The van der Waals surface area contributed by atoms with E-state index in [4.69, 9.17) is 0 Å². The van der Waals surface area contributed by atoms with Gasteiger partial charge in [0.15, 0.2) is 0 Å². The van der Waals surface area contributed by atoms with Gasteiger partial charge in [0.25, 0.3) is 5.56 Å². The lowest BCUT2D eigenvalue weighted by Gasteiger charge is -2.02. The predicted octanol–water partition coefficient (Wildman–Crippen LogP) is 1.12. The third kappa shape index (κ3) is 2.87. The zero-order chi connectivity index (χ0) is 10.4. The van der Waals surface area contributed by atoms with E-state index in [0.29, 0.717) is 6.54 Å². The summed E-state index contributed by atoms with van der Waals surface area (Å²) in [6.07, 6.45) is 5.64. The minimum absolute atomic E-state index is 0.217. The van der Waals surface area contributed by atoms with Gasteiger partial charge in [-0.25, -0.2) is 4.79 Å². The molecule has 0 aliphatic heterocycles. The maximum atomic E-state index is 11.2. The van der Waals surface area contributed by atoms with Crippen LogP contribution in [0.1, 0.15) is 32.6 Å². The van der Waals surface area contributed by atoms with Gasteiger partial charge in [-0.05, 0) is 6.42 Å². The van der Waals surface area contributed by atoms with Gasteiger partial charge < -0.3 is 4.98 Å². The summed E-state index contributed by atoms with van der Waals surface area (Å²) in [6, 6.07) is 1.38. The summed E-state index contributed by atoms with van der Waals surface area (Å²) >= 11 is 0. The maximum Gasteiger partial charge on any atom is 0.328 e. The Kier molecular flexibility index (Phi) is 4.16. The highest BCUT2D eigenvalue weighted by molar-refractivity contribution is 4.82. The van der Waals surface area contributed by atoms with Gasteiger partial charge >= 0.3 is 5.69 Å². The lowest BCUT2D eigenvalue weighted by atomic mass is 10.2. The summed E-state index contributed by atoms with van der Waals surface area (Å²) in [5, 5.41) is 0. The first-order valence-corrected chi connectivity index (χ1v) is 5.04. The van der Waals surface area contributed by atoms with Crippen LogP contribution in [0.25, 0.3) is 0 Å². The van der Waals surface area contributed by atoms with Gasteiger partial charge in [0.2, 0.25) is 0 Å². The van der Waals surface area contributed by atoms with E-state index in [-0.39, 0.29) is 11.2 Å². The van der Waals surface area contributed by atoms with Gasteiger partial charge in [-0.2, -0.15) is 0 Å². The van der Waals surface area contributed by atoms with Crippen LogP contribution in [-0.4, -0.2) is 9.55 Å². The van der Waals surface area contributed by atoms with E-state index in [9.17, 15) is 9.59 Å². The van der Waals surface area contributed by atoms with Crippen molar-refractivity contribution < 1.29 is 0 Å². The van der Waals surface area contributed by atoms with Crippen molar-refractivity contribution in [1.82, 2.24) is 9.55 Å². The fraction of sp³-hybridized carbons (Fsp3) is 0.600. The molecule has 1 rings (SSSR count). The standard InChI is InChI=1S/C10H16N2O2/c1-2-3-4-5-8-12-9(13)6-7-11-10(12)14/h6-7H,2-5,8H2,1H3,(H,11,14). The zero-order valence-corrected chi connectivity index (χ0v) is 8.45. The summed E-state index contributed by atoms with van der Waals surface area (Å²) in [4.78, 5) is 24.9. The highest BCUT2D eigenvalue weighted by atomic mass is 16.2. The van der Waals surface area contributed by atoms with Crippen LogP contribution < -0.4 is 11.2 Å². The van der Waals surface area contributed by atoms with Crippen LogP contribution in [0.3, 0.4) is 0 Å². The Morgan fingerprint density at radius 3 is 2.71 bits per heavy atom. The average Bonchev–Trinajstić information content (AvgIpc) is 2.16. The molecule has 4 nitrogen and oxygen atoms in total. The second-order valence-electron chi connectivity index (χ2n) is 3.33. The monoisotopic (exact) mass is 196 g/mol. The molecule has 0 bridgehead atoms. The van der Waals surface area contributed by atoms with Crippen molar-refractivity contribution in [2.75, 3.05) is 0 Å². The molecule has 0 unspecified atom stereocenters. The molecular weight excluding hydrogens is 180 g/mol. The van der Waals surface area contributed by atoms with Crippen LogP contribution in [-0.2, 0) is 6.54 Å². The molecule has 1 aromatic rings. The predicted molar refractivity (Wildman–Crippen MR) is 55.5 cm³/mol. The topological polar surface area (TPSA) is 54.9 Å². The third-order valence-electron chi connectivity index (χ3n) is 2.18. The SMILES string of the molecule is CCCCCCn1c(=O)cc[nH]c1=O. The van der Waals surface area contributed by atoms with E-state index in [1.807, 2.05) is 0 Å². The molecule has 0 spiro atoms. The number of H-pyrrole nitrogens is 1. The molecule has 0 fully saturated rings. The number of aromatic nitrogens is 2. The fourth-order valence-electron chi connectivity index (χ4n) is 1.36. The number of hydrogen-bond donors (Lipinski definition) is 1. The molecule has 1 heterocycles. The second-order valence-corrected chi connectivity index (χ2v) is 3.33. The molecule has 0 aliphatic carbocycles.